The van der Waals surface area contributed by atoms with Gasteiger partial charge in [-0.1, -0.05) is 12.1 Å². The maximum Gasteiger partial charge on any atom is 0.277 e. The number of hydrogen-bond donors (Lipinski definition) is 1. The number of aromatic nitrogens is 3. The van der Waals surface area contributed by atoms with Crippen molar-refractivity contribution in [2.75, 3.05) is 21.3 Å². The Bertz CT molecular complexity index is 1450. The molecule has 188 valence electrons. The van der Waals surface area contributed by atoms with Crippen LogP contribution in [0.25, 0.3) is 16.9 Å². The molecule has 4 rings (SSSR count). The van der Waals surface area contributed by atoms with Crippen LogP contribution in [0.2, 0.25) is 0 Å². The molecule has 2 heterocycles. The number of nitrogens with zero attached hydrogens (tertiary/aromatic N) is 3. The van der Waals surface area contributed by atoms with Crippen LogP contribution in [0, 0.1) is 6.92 Å². The Morgan fingerprint density at radius 2 is 1.69 bits per heavy atom. The van der Waals surface area contributed by atoms with Gasteiger partial charge in [-0.25, -0.2) is 0 Å². The molecule has 2 aromatic carbocycles. The van der Waals surface area contributed by atoms with Gasteiger partial charge in [-0.15, -0.1) is 0 Å². The lowest BCUT2D eigenvalue weighted by molar-refractivity contribution is -0.121. The minimum atomic E-state index is -0.227. The highest BCUT2D eigenvalue weighted by Crippen LogP contribution is 2.32. The number of nitrogens with one attached hydrogen (secondary N) is 1. The van der Waals surface area contributed by atoms with Crippen molar-refractivity contribution in [1.29, 1.82) is 0 Å². The van der Waals surface area contributed by atoms with Gasteiger partial charge < -0.3 is 24.1 Å². The monoisotopic (exact) mass is 490 g/mol. The van der Waals surface area contributed by atoms with Crippen molar-refractivity contribution in [3.63, 3.8) is 0 Å². The molecule has 36 heavy (non-hydrogen) atoms. The van der Waals surface area contributed by atoms with Gasteiger partial charge in [0.2, 0.25) is 5.91 Å². The van der Waals surface area contributed by atoms with Gasteiger partial charge in [0.25, 0.3) is 5.56 Å². The van der Waals surface area contributed by atoms with Gasteiger partial charge in [0.15, 0.2) is 11.5 Å². The van der Waals surface area contributed by atoms with E-state index in [4.69, 9.17) is 14.2 Å². The van der Waals surface area contributed by atoms with Crippen LogP contribution in [0.15, 0.2) is 53.3 Å². The van der Waals surface area contributed by atoms with Crippen LogP contribution >= 0.6 is 0 Å². The number of methoxy groups -OCH3 is 3. The molecule has 0 aliphatic carbocycles. The second kappa shape index (κ2) is 10.6. The number of carbonyl (C=O) groups is 1. The summed E-state index contributed by atoms with van der Waals surface area (Å²) in [4.78, 5) is 25.8. The Morgan fingerprint density at radius 3 is 2.36 bits per heavy atom. The van der Waals surface area contributed by atoms with Crippen molar-refractivity contribution in [2.45, 2.75) is 26.3 Å². The quantitative estimate of drug-likeness (QED) is 0.387. The van der Waals surface area contributed by atoms with E-state index in [1.54, 1.807) is 27.4 Å². The number of aryl methyl sites for hydroxylation is 1. The smallest absolute Gasteiger partial charge is 0.277 e. The summed E-state index contributed by atoms with van der Waals surface area (Å²) >= 11 is 0. The molecule has 1 N–H and O–H groups in total. The standard InChI is InChI=1S/C27H30N4O5/c1-17-21(11-13-25(32)28-16-18-6-9-20(34-3)10-7-18)27(33)31-26(30(17)2)15-22(29-31)19-8-12-23(35-4)24(14-19)36-5/h6-10,12,14-15H,11,13,16H2,1-5H3,(H,28,32). The molecule has 0 saturated carbocycles. The normalized spacial score (nSPS) is 10.9. The fourth-order valence-electron chi connectivity index (χ4n) is 4.11. The first-order valence-corrected chi connectivity index (χ1v) is 11.6. The van der Waals surface area contributed by atoms with Crippen molar-refractivity contribution in [2.24, 2.45) is 7.05 Å². The molecule has 0 unspecified atom stereocenters. The van der Waals surface area contributed by atoms with Crippen molar-refractivity contribution in [3.05, 3.63) is 75.7 Å². The number of amides is 1. The van der Waals surface area contributed by atoms with Gasteiger partial charge >= 0.3 is 0 Å². The van der Waals surface area contributed by atoms with Crippen LogP contribution in [-0.2, 0) is 24.8 Å². The number of carbonyl (C=O) groups excluding carboxylic acids is 1. The highest BCUT2D eigenvalue weighted by molar-refractivity contribution is 5.76. The van der Waals surface area contributed by atoms with Gasteiger partial charge in [-0.3, -0.25) is 9.59 Å². The third-order valence-electron chi connectivity index (χ3n) is 6.35. The van der Waals surface area contributed by atoms with E-state index in [1.165, 1.54) is 4.52 Å². The average Bonchev–Trinajstić information content (AvgIpc) is 3.36. The van der Waals surface area contributed by atoms with Crippen LogP contribution in [-0.4, -0.2) is 41.4 Å². The molecule has 0 saturated heterocycles. The fraction of sp³-hybridized carbons (Fsp3) is 0.296. The Hall–Kier alpha value is -4.27. The van der Waals surface area contributed by atoms with Crippen LogP contribution in [0.1, 0.15) is 23.2 Å². The highest BCUT2D eigenvalue weighted by atomic mass is 16.5. The van der Waals surface area contributed by atoms with E-state index < -0.39 is 0 Å². The molecule has 0 aliphatic heterocycles. The molecule has 0 fully saturated rings. The third kappa shape index (κ3) is 4.91. The second-order valence-corrected chi connectivity index (χ2v) is 8.42. The van der Waals surface area contributed by atoms with Gasteiger partial charge in [0.1, 0.15) is 11.4 Å². The molecule has 9 nitrogen and oxygen atoms in total. The van der Waals surface area contributed by atoms with Crippen LogP contribution in [0.4, 0.5) is 0 Å². The van der Waals surface area contributed by atoms with Gasteiger partial charge in [-0.05, 0) is 49.2 Å². The summed E-state index contributed by atoms with van der Waals surface area (Å²) in [6.45, 7) is 2.29. The molecule has 0 aliphatic rings. The molecule has 0 bridgehead atoms. The van der Waals surface area contributed by atoms with Crippen molar-refractivity contribution < 1.29 is 19.0 Å². The molecule has 4 aromatic rings. The van der Waals surface area contributed by atoms with Gasteiger partial charge in [0, 0.05) is 42.9 Å². The highest BCUT2D eigenvalue weighted by Gasteiger charge is 2.17. The summed E-state index contributed by atoms with van der Waals surface area (Å²) in [5.41, 5.74) is 4.20. The van der Waals surface area contributed by atoms with E-state index >= 15 is 0 Å². The van der Waals surface area contributed by atoms with Crippen molar-refractivity contribution in [1.82, 2.24) is 19.5 Å². The second-order valence-electron chi connectivity index (χ2n) is 8.42. The lowest BCUT2D eigenvalue weighted by Crippen LogP contribution is -2.27. The summed E-state index contributed by atoms with van der Waals surface area (Å²) in [6, 6.07) is 14.9. The summed E-state index contributed by atoms with van der Waals surface area (Å²) in [6.07, 6.45) is 0.510. The topological polar surface area (TPSA) is 96.1 Å². The Balaban J connectivity index is 1.53. The Morgan fingerprint density at radius 1 is 0.972 bits per heavy atom. The molecule has 0 radical (unpaired) electrons. The number of ether oxygens (including phenoxy) is 3. The summed E-state index contributed by atoms with van der Waals surface area (Å²) in [5, 5.41) is 7.48. The number of benzene rings is 2. The lowest BCUT2D eigenvalue weighted by atomic mass is 10.1. The minimum absolute atomic E-state index is 0.126. The fourth-order valence-corrected chi connectivity index (χ4v) is 4.11. The zero-order chi connectivity index (χ0) is 25.8. The first-order valence-electron chi connectivity index (χ1n) is 11.6. The van der Waals surface area contributed by atoms with Gasteiger partial charge in [-0.2, -0.15) is 9.61 Å². The summed E-state index contributed by atoms with van der Waals surface area (Å²) in [7, 11) is 6.65. The summed E-state index contributed by atoms with van der Waals surface area (Å²) in [5.74, 6) is 1.83. The zero-order valence-corrected chi connectivity index (χ0v) is 21.1. The Kier molecular flexibility index (Phi) is 7.28. The van der Waals surface area contributed by atoms with Crippen molar-refractivity contribution in [3.8, 4) is 28.5 Å². The maximum absolute atomic E-state index is 13.3. The van der Waals surface area contributed by atoms with Crippen molar-refractivity contribution >= 4 is 11.6 Å². The lowest BCUT2D eigenvalue weighted by Gasteiger charge is -2.12. The van der Waals surface area contributed by atoms with Gasteiger partial charge in [0.05, 0.1) is 27.0 Å². The minimum Gasteiger partial charge on any atom is -0.497 e. The average molecular weight is 491 g/mol. The summed E-state index contributed by atoms with van der Waals surface area (Å²) < 4.78 is 19.2. The molecular formula is C27H30N4O5. The molecule has 2 aromatic heterocycles. The predicted octanol–water partition coefficient (Wildman–Crippen LogP) is 3.28. The zero-order valence-electron chi connectivity index (χ0n) is 21.1. The predicted molar refractivity (Wildman–Crippen MR) is 137 cm³/mol. The third-order valence-corrected chi connectivity index (χ3v) is 6.35. The first-order chi connectivity index (χ1) is 17.4. The Labute approximate surface area is 209 Å². The number of fused-ring (bicyclic) bond motifs is 1. The van der Waals surface area contributed by atoms with E-state index in [9.17, 15) is 9.59 Å². The molecule has 1 amide bonds. The maximum atomic E-state index is 13.3. The number of rotatable bonds is 9. The van der Waals surface area contributed by atoms with E-state index in [1.807, 2.05) is 61.0 Å². The van der Waals surface area contributed by atoms with E-state index in [-0.39, 0.29) is 17.9 Å². The molecular weight excluding hydrogens is 460 g/mol. The van der Waals surface area contributed by atoms with Crippen LogP contribution in [0.3, 0.4) is 0 Å². The first kappa shape index (κ1) is 24.8. The van der Waals surface area contributed by atoms with Crippen LogP contribution < -0.4 is 25.1 Å². The SMILES string of the molecule is COc1ccc(CNC(=O)CCc2c(C)n(C)c3cc(-c4ccc(OC)c(OC)c4)nn3c2=O)cc1. The van der Waals surface area contributed by atoms with Crippen LogP contribution in [0.5, 0.6) is 17.2 Å². The van der Waals surface area contributed by atoms with E-state index in [0.717, 1.165) is 22.6 Å². The molecule has 0 atom stereocenters. The molecule has 0 spiro atoms. The number of hydrogen-bond acceptors (Lipinski definition) is 6. The van der Waals surface area contributed by atoms with E-state index in [2.05, 4.69) is 10.4 Å². The largest absolute Gasteiger partial charge is 0.497 e. The van der Waals surface area contributed by atoms with E-state index in [0.29, 0.717) is 41.4 Å². The molecule has 9 heteroatoms.